The van der Waals surface area contributed by atoms with E-state index in [0.29, 0.717) is 0 Å². The van der Waals surface area contributed by atoms with E-state index < -0.39 is 0 Å². The molecule has 4 rings (SSSR count). The van der Waals surface area contributed by atoms with Crippen LogP contribution in [0.5, 0.6) is 0 Å². The van der Waals surface area contributed by atoms with Gasteiger partial charge in [-0.05, 0) is 24.0 Å². The quantitative estimate of drug-likeness (QED) is 0.221. The summed E-state index contributed by atoms with van der Waals surface area (Å²) >= 11 is 0. The highest BCUT2D eigenvalue weighted by atomic mass is 79.9. The van der Waals surface area contributed by atoms with Gasteiger partial charge in [0, 0.05) is 25.7 Å². The first-order valence-electron chi connectivity index (χ1n) is 13.8. The third-order valence-electron chi connectivity index (χ3n) is 8.15. The fraction of sp³-hybridized carbons (Fsp3) is 0.600. The minimum absolute atomic E-state index is 0. The van der Waals surface area contributed by atoms with Gasteiger partial charge in [-0.3, -0.25) is 9.59 Å². The molecular weight excluding hydrogens is 612 g/mol. The van der Waals surface area contributed by atoms with Crippen molar-refractivity contribution in [3.8, 4) is 0 Å². The molecule has 38 heavy (non-hydrogen) atoms. The van der Waals surface area contributed by atoms with Crippen molar-refractivity contribution in [3.05, 3.63) is 59.7 Å². The molecule has 0 N–H and O–H groups in total. The van der Waals surface area contributed by atoms with Gasteiger partial charge < -0.3 is 52.4 Å². The monoisotopic (exact) mass is 654 g/mol. The Bertz CT molecular complexity index is 954. The van der Waals surface area contributed by atoms with Gasteiger partial charge in [0.05, 0.1) is 53.1 Å². The van der Waals surface area contributed by atoms with E-state index in [-0.39, 0.29) is 71.0 Å². The van der Waals surface area contributed by atoms with Crippen LogP contribution >= 0.6 is 0 Å². The fourth-order valence-electron chi connectivity index (χ4n) is 5.96. The maximum atomic E-state index is 12.9. The van der Waals surface area contributed by atoms with Gasteiger partial charge in [0.2, 0.25) is 0 Å². The molecule has 2 aliphatic heterocycles. The lowest BCUT2D eigenvalue weighted by molar-refractivity contribution is -0.901. The molecule has 0 aromatic heterocycles. The number of halogens is 2. The van der Waals surface area contributed by atoms with Crippen LogP contribution in [0.2, 0.25) is 0 Å². The summed E-state index contributed by atoms with van der Waals surface area (Å²) < 4.78 is 13.8. The second-order valence-corrected chi connectivity index (χ2v) is 11.5. The first-order chi connectivity index (χ1) is 17.3. The van der Waals surface area contributed by atoms with Crippen molar-refractivity contribution >= 4 is 11.9 Å². The van der Waals surface area contributed by atoms with Crippen LogP contribution in [-0.2, 0) is 19.1 Å². The standard InChI is InChI=1S/C30H44N2O4.2BrH/c1-31(19-9-10-20-31)23-27(25-13-5-3-6-14-25)35-29(33)17-18-30(34)36-28(26-15-7-4-8-16-26)24-32(2)21-11-12-22-32;;/h3,5-7,13-16,27-28H,4,8-12,17-24H2,1-2H3;2*1H/q+2;;/p-2. The normalized spacial score (nSPS) is 20.8. The highest BCUT2D eigenvalue weighted by molar-refractivity contribution is 5.78. The van der Waals surface area contributed by atoms with Crippen LogP contribution in [-0.4, -0.2) is 80.4 Å². The van der Waals surface area contributed by atoms with Gasteiger partial charge in [0.25, 0.3) is 0 Å². The number of hydrogen-bond donors (Lipinski definition) is 0. The van der Waals surface area contributed by atoms with Crippen LogP contribution in [0, 0.1) is 0 Å². The summed E-state index contributed by atoms with van der Waals surface area (Å²) in [6.45, 7) is 6.01. The fourth-order valence-corrected chi connectivity index (χ4v) is 5.96. The third-order valence-corrected chi connectivity index (χ3v) is 8.15. The van der Waals surface area contributed by atoms with Crippen LogP contribution in [0.25, 0.3) is 0 Å². The van der Waals surface area contributed by atoms with E-state index >= 15 is 0 Å². The molecule has 0 bridgehead atoms. The highest BCUT2D eigenvalue weighted by Crippen LogP contribution is 2.27. The number of likely N-dealkylation sites (tertiary alicyclic amines) is 2. The Kier molecular flexibility index (Phi) is 13.2. The predicted molar refractivity (Wildman–Crippen MR) is 141 cm³/mol. The largest absolute Gasteiger partial charge is 1.00 e. The smallest absolute Gasteiger partial charge is 0.307 e. The van der Waals surface area contributed by atoms with Crippen LogP contribution < -0.4 is 34.0 Å². The molecule has 212 valence electrons. The number of quaternary nitrogens is 2. The number of esters is 2. The van der Waals surface area contributed by atoms with Crippen LogP contribution in [0.15, 0.2) is 54.1 Å². The first-order valence-corrected chi connectivity index (χ1v) is 13.8. The number of carbonyl (C=O) groups is 2. The van der Waals surface area contributed by atoms with E-state index in [0.717, 1.165) is 72.2 Å². The number of rotatable bonds is 11. The van der Waals surface area contributed by atoms with Crippen molar-refractivity contribution in [1.82, 2.24) is 0 Å². The maximum absolute atomic E-state index is 12.9. The number of carbonyl (C=O) groups excluding carboxylic acids is 2. The Hall–Kier alpha value is -1.48. The lowest BCUT2D eigenvalue weighted by Gasteiger charge is -2.33. The molecule has 2 unspecified atom stereocenters. The minimum Gasteiger partial charge on any atom is -1.00 e. The van der Waals surface area contributed by atoms with Crippen molar-refractivity contribution in [2.75, 3.05) is 53.4 Å². The zero-order chi connectivity index (χ0) is 25.4. The van der Waals surface area contributed by atoms with Gasteiger partial charge in [-0.1, -0.05) is 48.6 Å². The molecule has 2 heterocycles. The van der Waals surface area contributed by atoms with Crippen LogP contribution in [0.3, 0.4) is 0 Å². The lowest BCUT2D eigenvalue weighted by Crippen LogP contribution is -3.00. The zero-order valence-electron chi connectivity index (χ0n) is 23.0. The second kappa shape index (κ2) is 15.3. The van der Waals surface area contributed by atoms with Crippen molar-refractivity contribution < 1.29 is 62.0 Å². The molecule has 3 aliphatic rings. The maximum Gasteiger partial charge on any atom is 0.307 e. The molecule has 6 nitrogen and oxygen atoms in total. The van der Waals surface area contributed by atoms with E-state index in [9.17, 15) is 9.59 Å². The molecule has 1 aromatic rings. The molecule has 2 atom stereocenters. The Labute approximate surface area is 249 Å². The van der Waals surface area contributed by atoms with Gasteiger partial charge in [-0.25, -0.2) is 0 Å². The molecule has 0 amide bonds. The number of hydrogen-bond acceptors (Lipinski definition) is 4. The van der Waals surface area contributed by atoms with E-state index in [4.69, 9.17) is 9.47 Å². The summed E-state index contributed by atoms with van der Waals surface area (Å²) in [6.07, 6.45) is 12.9. The molecule has 0 radical (unpaired) electrons. The Balaban J connectivity index is 0.00000253. The molecular formula is C30H44Br2N2O4. The lowest BCUT2D eigenvalue weighted by atomic mass is 10.0. The van der Waals surface area contributed by atoms with Gasteiger partial charge in [-0.2, -0.15) is 0 Å². The molecule has 0 spiro atoms. The van der Waals surface area contributed by atoms with Gasteiger partial charge in [0.1, 0.15) is 13.1 Å². The molecule has 0 saturated carbocycles. The average molecular weight is 657 g/mol. The third kappa shape index (κ3) is 9.61. The Morgan fingerprint density at radius 3 is 1.76 bits per heavy atom. The van der Waals surface area contributed by atoms with Crippen molar-refractivity contribution in [3.63, 3.8) is 0 Å². The molecule has 1 aromatic carbocycles. The first kappa shape index (κ1) is 32.7. The molecule has 8 heteroatoms. The highest BCUT2D eigenvalue weighted by Gasteiger charge is 2.35. The Morgan fingerprint density at radius 2 is 1.26 bits per heavy atom. The number of likely N-dealkylation sites (N-methyl/N-ethyl adjacent to an activating group) is 2. The summed E-state index contributed by atoms with van der Waals surface area (Å²) in [7, 11) is 4.50. The van der Waals surface area contributed by atoms with Gasteiger partial charge >= 0.3 is 11.9 Å². The summed E-state index contributed by atoms with van der Waals surface area (Å²) in [5.74, 6) is -0.657. The SMILES string of the molecule is C[N+]1(CC(OC(=O)CCC(=O)OC(C[N+]2(C)CCCC2)c2ccccc2)C2=CCCC=C2)CCCC1.[Br-].[Br-]. The number of ether oxygens (including phenoxy) is 2. The van der Waals surface area contributed by atoms with Crippen LogP contribution in [0.1, 0.15) is 63.0 Å². The van der Waals surface area contributed by atoms with E-state index in [2.05, 4.69) is 32.3 Å². The van der Waals surface area contributed by atoms with Gasteiger partial charge in [0.15, 0.2) is 12.2 Å². The number of nitrogens with zero attached hydrogens (tertiary/aromatic N) is 2. The summed E-state index contributed by atoms with van der Waals surface area (Å²) in [4.78, 5) is 25.7. The zero-order valence-corrected chi connectivity index (χ0v) is 26.1. The summed E-state index contributed by atoms with van der Waals surface area (Å²) in [6, 6.07) is 9.98. The second-order valence-electron chi connectivity index (χ2n) is 11.5. The van der Waals surface area contributed by atoms with E-state index in [1.807, 2.05) is 30.3 Å². The molecule has 1 aliphatic carbocycles. The minimum atomic E-state index is -0.335. The average Bonchev–Trinajstić information content (AvgIpc) is 3.51. The summed E-state index contributed by atoms with van der Waals surface area (Å²) in [5.41, 5.74) is 2.11. The summed E-state index contributed by atoms with van der Waals surface area (Å²) in [5, 5.41) is 0. The molecule has 2 fully saturated rings. The van der Waals surface area contributed by atoms with Crippen molar-refractivity contribution in [2.24, 2.45) is 0 Å². The predicted octanol–water partition coefficient (Wildman–Crippen LogP) is -1.27. The van der Waals surface area contributed by atoms with E-state index in [1.165, 1.54) is 25.7 Å². The van der Waals surface area contributed by atoms with Crippen molar-refractivity contribution in [2.45, 2.75) is 63.6 Å². The Morgan fingerprint density at radius 1 is 0.763 bits per heavy atom. The van der Waals surface area contributed by atoms with Crippen LogP contribution in [0.4, 0.5) is 0 Å². The topological polar surface area (TPSA) is 52.6 Å². The molecule has 2 saturated heterocycles. The van der Waals surface area contributed by atoms with Gasteiger partial charge in [-0.15, -0.1) is 0 Å². The van der Waals surface area contributed by atoms with Crippen molar-refractivity contribution in [1.29, 1.82) is 0 Å². The number of allylic oxidation sites excluding steroid dienone is 2. The van der Waals surface area contributed by atoms with E-state index in [1.54, 1.807) is 0 Å². The number of benzene rings is 1.